The third kappa shape index (κ3) is 1.38. The number of hydrogen-bond acceptors (Lipinski definition) is 2. The van der Waals surface area contributed by atoms with Crippen LogP contribution in [0.3, 0.4) is 0 Å². The zero-order valence-corrected chi connectivity index (χ0v) is 8.29. The summed E-state index contributed by atoms with van der Waals surface area (Å²) in [5, 5.41) is 10.2. The minimum Gasteiger partial charge on any atom is -0.385 e. The zero-order chi connectivity index (χ0) is 10.2. The van der Waals surface area contributed by atoms with Gasteiger partial charge in [0.25, 0.3) is 0 Å². The molecule has 1 aromatic heterocycles. The number of hydrogen-bond donors (Lipinski definition) is 2. The molecule has 1 heterocycles. The normalized spacial score (nSPS) is 30.3. The summed E-state index contributed by atoms with van der Waals surface area (Å²) in [4.78, 5) is 14.3. The van der Waals surface area contributed by atoms with Gasteiger partial charge in [0.15, 0.2) is 5.43 Å². The summed E-state index contributed by atoms with van der Waals surface area (Å²) >= 11 is 0. The van der Waals surface area contributed by atoms with Crippen LogP contribution in [0.1, 0.15) is 31.7 Å². The second-order valence-corrected chi connectivity index (χ2v) is 4.04. The second kappa shape index (κ2) is 3.24. The van der Waals surface area contributed by atoms with E-state index in [0.29, 0.717) is 5.56 Å². The lowest BCUT2D eigenvalue weighted by Crippen LogP contribution is -2.19. The van der Waals surface area contributed by atoms with Crippen molar-refractivity contribution in [3.05, 3.63) is 34.2 Å². The van der Waals surface area contributed by atoms with E-state index in [0.717, 1.165) is 19.3 Å². The predicted molar refractivity (Wildman–Crippen MR) is 54.0 cm³/mol. The molecule has 2 unspecified atom stereocenters. The molecule has 3 nitrogen and oxygen atoms in total. The Morgan fingerprint density at radius 1 is 1.71 bits per heavy atom. The Labute approximate surface area is 82.8 Å². The molecular formula is C11H15NO2. The van der Waals surface area contributed by atoms with Crippen LogP contribution in [0.4, 0.5) is 0 Å². The number of aromatic nitrogens is 1. The monoisotopic (exact) mass is 193 g/mol. The Morgan fingerprint density at radius 2 is 2.50 bits per heavy atom. The van der Waals surface area contributed by atoms with Gasteiger partial charge in [0.05, 0.1) is 5.60 Å². The summed E-state index contributed by atoms with van der Waals surface area (Å²) in [7, 11) is 0. The van der Waals surface area contributed by atoms with Crippen LogP contribution in [-0.4, -0.2) is 10.1 Å². The highest BCUT2D eigenvalue weighted by Crippen LogP contribution is 2.52. The summed E-state index contributed by atoms with van der Waals surface area (Å²) in [6, 6.07) is 1.47. The fourth-order valence-electron chi connectivity index (χ4n) is 2.09. The first-order valence-corrected chi connectivity index (χ1v) is 5.08. The van der Waals surface area contributed by atoms with Gasteiger partial charge in [-0.15, -0.1) is 0 Å². The molecule has 14 heavy (non-hydrogen) atoms. The van der Waals surface area contributed by atoms with Gasteiger partial charge in [-0.25, -0.2) is 0 Å². The first-order chi connectivity index (χ1) is 6.68. The van der Waals surface area contributed by atoms with Crippen LogP contribution < -0.4 is 5.43 Å². The van der Waals surface area contributed by atoms with Crippen molar-refractivity contribution in [1.82, 2.24) is 4.98 Å². The molecule has 0 radical (unpaired) electrons. The van der Waals surface area contributed by atoms with Gasteiger partial charge in [0, 0.05) is 24.0 Å². The van der Waals surface area contributed by atoms with Gasteiger partial charge in [-0.3, -0.25) is 4.79 Å². The summed E-state index contributed by atoms with van der Waals surface area (Å²) in [5.41, 5.74) is -0.381. The van der Waals surface area contributed by atoms with Crippen LogP contribution in [0.25, 0.3) is 0 Å². The molecule has 1 aliphatic carbocycles. The van der Waals surface area contributed by atoms with Crippen molar-refractivity contribution in [3.63, 3.8) is 0 Å². The third-order valence-corrected chi connectivity index (χ3v) is 3.00. The van der Waals surface area contributed by atoms with Crippen LogP contribution in [-0.2, 0) is 5.60 Å². The van der Waals surface area contributed by atoms with E-state index in [1.807, 2.05) is 0 Å². The maximum Gasteiger partial charge on any atom is 0.187 e. The molecule has 2 atom stereocenters. The molecule has 0 saturated heterocycles. The Hall–Kier alpha value is -1.09. The standard InChI is InChI=1S/C11H15NO2/c1-2-3-8-6-11(8,14)9-7-12-5-4-10(9)13/h4-5,7-8,14H,2-3,6H2,1H3,(H,12,13). The summed E-state index contributed by atoms with van der Waals surface area (Å²) in [6.07, 6.45) is 5.99. The van der Waals surface area contributed by atoms with Crippen molar-refractivity contribution in [2.24, 2.45) is 5.92 Å². The Bertz CT molecular complexity index is 385. The van der Waals surface area contributed by atoms with E-state index in [9.17, 15) is 9.90 Å². The number of aromatic amines is 1. The highest BCUT2D eigenvalue weighted by atomic mass is 16.3. The molecule has 1 aliphatic rings. The molecule has 0 amide bonds. The van der Waals surface area contributed by atoms with Crippen molar-refractivity contribution in [2.75, 3.05) is 0 Å². The van der Waals surface area contributed by atoms with Gasteiger partial charge >= 0.3 is 0 Å². The highest BCUT2D eigenvalue weighted by Gasteiger charge is 2.54. The first-order valence-electron chi connectivity index (χ1n) is 5.08. The number of rotatable bonds is 3. The molecule has 0 bridgehead atoms. The SMILES string of the molecule is CCCC1CC1(O)c1c[nH]ccc1=O. The average molecular weight is 193 g/mol. The fraction of sp³-hybridized carbons (Fsp3) is 0.545. The molecule has 1 fully saturated rings. The van der Waals surface area contributed by atoms with E-state index in [4.69, 9.17) is 0 Å². The van der Waals surface area contributed by atoms with Crippen LogP contribution in [0.2, 0.25) is 0 Å². The molecule has 1 saturated carbocycles. The van der Waals surface area contributed by atoms with Crippen molar-refractivity contribution >= 4 is 0 Å². The van der Waals surface area contributed by atoms with E-state index in [1.165, 1.54) is 6.07 Å². The van der Waals surface area contributed by atoms with Crippen LogP contribution in [0.15, 0.2) is 23.3 Å². The second-order valence-electron chi connectivity index (χ2n) is 4.04. The minimum atomic E-state index is -0.842. The minimum absolute atomic E-state index is 0.0650. The van der Waals surface area contributed by atoms with E-state index >= 15 is 0 Å². The Balaban J connectivity index is 2.26. The Morgan fingerprint density at radius 3 is 3.14 bits per heavy atom. The number of H-pyrrole nitrogens is 1. The number of pyridine rings is 1. The van der Waals surface area contributed by atoms with Crippen molar-refractivity contribution in [1.29, 1.82) is 0 Å². The fourth-order valence-corrected chi connectivity index (χ4v) is 2.09. The lowest BCUT2D eigenvalue weighted by molar-refractivity contribution is 0.127. The van der Waals surface area contributed by atoms with Crippen LogP contribution in [0.5, 0.6) is 0 Å². The van der Waals surface area contributed by atoms with Gasteiger partial charge in [0.1, 0.15) is 0 Å². The molecule has 1 aromatic rings. The molecule has 2 N–H and O–H groups in total. The maximum atomic E-state index is 11.5. The van der Waals surface area contributed by atoms with Crippen molar-refractivity contribution in [3.8, 4) is 0 Å². The van der Waals surface area contributed by atoms with Gasteiger partial charge in [0.2, 0.25) is 0 Å². The molecule has 2 rings (SSSR count). The van der Waals surface area contributed by atoms with E-state index in [1.54, 1.807) is 12.4 Å². The van der Waals surface area contributed by atoms with Crippen LogP contribution >= 0.6 is 0 Å². The summed E-state index contributed by atoms with van der Waals surface area (Å²) in [6.45, 7) is 2.09. The maximum absolute atomic E-state index is 11.5. The average Bonchev–Trinajstić information content (AvgIpc) is 2.79. The lowest BCUT2D eigenvalue weighted by atomic mass is 10.1. The largest absolute Gasteiger partial charge is 0.385 e. The van der Waals surface area contributed by atoms with E-state index in [2.05, 4.69) is 11.9 Å². The van der Waals surface area contributed by atoms with Gasteiger partial charge < -0.3 is 10.1 Å². The van der Waals surface area contributed by atoms with Crippen molar-refractivity contribution in [2.45, 2.75) is 31.8 Å². The first kappa shape index (κ1) is 9.46. The predicted octanol–water partition coefficient (Wildman–Crippen LogP) is 1.38. The molecule has 0 spiro atoms. The topological polar surface area (TPSA) is 53.1 Å². The number of nitrogens with one attached hydrogen (secondary N) is 1. The molecule has 0 aromatic carbocycles. The summed E-state index contributed by atoms with van der Waals surface area (Å²) < 4.78 is 0. The molecule has 0 aliphatic heterocycles. The van der Waals surface area contributed by atoms with Gasteiger partial charge in [-0.1, -0.05) is 13.3 Å². The quantitative estimate of drug-likeness (QED) is 0.762. The third-order valence-electron chi connectivity index (χ3n) is 3.00. The molecule has 76 valence electrons. The van der Waals surface area contributed by atoms with E-state index < -0.39 is 5.60 Å². The smallest absolute Gasteiger partial charge is 0.187 e. The number of aliphatic hydroxyl groups is 1. The van der Waals surface area contributed by atoms with Gasteiger partial charge in [-0.05, 0) is 18.8 Å². The Kier molecular flexibility index (Phi) is 2.19. The highest BCUT2D eigenvalue weighted by molar-refractivity contribution is 5.26. The molecular weight excluding hydrogens is 178 g/mol. The van der Waals surface area contributed by atoms with Gasteiger partial charge in [-0.2, -0.15) is 0 Å². The van der Waals surface area contributed by atoms with Crippen LogP contribution in [0, 0.1) is 5.92 Å². The van der Waals surface area contributed by atoms with Crippen molar-refractivity contribution < 1.29 is 5.11 Å². The molecule has 3 heteroatoms. The summed E-state index contributed by atoms with van der Waals surface area (Å²) in [5.74, 6) is 0.274. The van der Waals surface area contributed by atoms with E-state index in [-0.39, 0.29) is 11.3 Å². The zero-order valence-electron chi connectivity index (χ0n) is 8.29. The lowest BCUT2D eigenvalue weighted by Gasteiger charge is -2.08.